The van der Waals surface area contributed by atoms with Crippen molar-refractivity contribution in [3.8, 4) is 0 Å². The zero-order valence-corrected chi connectivity index (χ0v) is 11.2. The Bertz CT molecular complexity index is 326. The van der Waals surface area contributed by atoms with E-state index in [0.29, 0.717) is 5.56 Å². The van der Waals surface area contributed by atoms with Crippen LogP contribution in [0.1, 0.15) is 17.3 Å². The lowest BCUT2D eigenvalue weighted by Crippen LogP contribution is -2.33. The number of alkyl halides is 1. The number of thioether (sulfide) groups is 1. The summed E-state index contributed by atoms with van der Waals surface area (Å²) >= 11 is 4.99. The highest BCUT2D eigenvalue weighted by atomic mass is 79.9. The van der Waals surface area contributed by atoms with Crippen molar-refractivity contribution in [3.05, 3.63) is 29.8 Å². The van der Waals surface area contributed by atoms with Crippen LogP contribution in [-0.4, -0.2) is 23.5 Å². The largest absolute Gasteiger partial charge is 0.349 e. The van der Waals surface area contributed by atoms with Gasteiger partial charge in [-0.15, -0.1) is 11.8 Å². The minimum atomic E-state index is -0.0189. The molecule has 2 nitrogen and oxygen atoms in total. The Labute approximate surface area is 103 Å². The number of carbonyl (C=O) groups is 1. The molecule has 0 fully saturated rings. The van der Waals surface area contributed by atoms with E-state index in [-0.39, 0.29) is 11.9 Å². The number of halogens is 1. The minimum Gasteiger partial charge on any atom is -0.349 e. The fourth-order valence-corrected chi connectivity index (χ4v) is 1.66. The van der Waals surface area contributed by atoms with Crippen molar-refractivity contribution in [1.29, 1.82) is 0 Å². The molecule has 1 aromatic carbocycles. The molecule has 4 heteroatoms. The van der Waals surface area contributed by atoms with Gasteiger partial charge in [-0.3, -0.25) is 4.79 Å². The summed E-state index contributed by atoms with van der Waals surface area (Å²) in [7, 11) is 0. The molecule has 1 unspecified atom stereocenters. The molecule has 0 aromatic heterocycles. The molecule has 0 heterocycles. The highest BCUT2D eigenvalue weighted by Crippen LogP contribution is 2.14. The van der Waals surface area contributed by atoms with Crippen LogP contribution in [0.5, 0.6) is 0 Å². The molecule has 1 amide bonds. The Kier molecular flexibility index (Phi) is 5.19. The second kappa shape index (κ2) is 6.18. The summed E-state index contributed by atoms with van der Waals surface area (Å²) in [5, 5.41) is 3.66. The Morgan fingerprint density at radius 2 is 2.07 bits per heavy atom. The van der Waals surface area contributed by atoms with Crippen molar-refractivity contribution >= 4 is 33.6 Å². The number of nitrogens with one attached hydrogen (secondary N) is 1. The predicted molar refractivity (Wildman–Crippen MR) is 68.9 cm³/mol. The van der Waals surface area contributed by atoms with E-state index >= 15 is 0 Å². The van der Waals surface area contributed by atoms with Crippen LogP contribution >= 0.6 is 27.7 Å². The van der Waals surface area contributed by atoms with Crippen LogP contribution in [0, 0.1) is 0 Å². The van der Waals surface area contributed by atoms with Gasteiger partial charge in [0.05, 0.1) is 0 Å². The second-order valence-corrected chi connectivity index (χ2v) is 4.78. The second-order valence-electron chi connectivity index (χ2n) is 3.26. The fraction of sp³-hybridized carbons (Fsp3) is 0.364. The van der Waals surface area contributed by atoms with Crippen LogP contribution in [0.2, 0.25) is 0 Å². The van der Waals surface area contributed by atoms with Crippen LogP contribution < -0.4 is 5.32 Å². The van der Waals surface area contributed by atoms with Crippen LogP contribution in [-0.2, 0) is 0 Å². The average molecular weight is 288 g/mol. The Morgan fingerprint density at radius 3 is 2.53 bits per heavy atom. The predicted octanol–water partition coefficient (Wildman–Crippen LogP) is 2.92. The topological polar surface area (TPSA) is 29.1 Å². The third-order valence-electron chi connectivity index (χ3n) is 1.96. The van der Waals surface area contributed by atoms with Crippen molar-refractivity contribution in [1.82, 2.24) is 5.32 Å². The van der Waals surface area contributed by atoms with Gasteiger partial charge in [0.1, 0.15) is 0 Å². The van der Waals surface area contributed by atoms with Gasteiger partial charge in [0.15, 0.2) is 0 Å². The summed E-state index contributed by atoms with van der Waals surface area (Å²) in [6.45, 7) is 1.96. The standard InChI is InChI=1S/C11H14BrNOS/c1-8(7-12)13-11(14)9-3-5-10(15-2)6-4-9/h3-6,8H,7H2,1-2H3,(H,13,14). The third-order valence-corrected chi connectivity index (χ3v) is 3.68. The van der Waals surface area contributed by atoms with Gasteiger partial charge in [0.25, 0.3) is 5.91 Å². The van der Waals surface area contributed by atoms with Crippen LogP contribution in [0.3, 0.4) is 0 Å². The van der Waals surface area contributed by atoms with E-state index in [4.69, 9.17) is 0 Å². The summed E-state index contributed by atoms with van der Waals surface area (Å²) in [6.07, 6.45) is 2.02. The van der Waals surface area contributed by atoms with Gasteiger partial charge in [-0.2, -0.15) is 0 Å². The Morgan fingerprint density at radius 1 is 1.47 bits per heavy atom. The van der Waals surface area contributed by atoms with Crippen LogP contribution in [0.4, 0.5) is 0 Å². The molecule has 0 bridgehead atoms. The molecule has 0 aliphatic heterocycles. The quantitative estimate of drug-likeness (QED) is 0.682. The van der Waals surface area contributed by atoms with E-state index in [0.717, 1.165) is 5.33 Å². The van der Waals surface area contributed by atoms with Crippen molar-refractivity contribution in [3.63, 3.8) is 0 Å². The van der Waals surface area contributed by atoms with E-state index < -0.39 is 0 Å². The van der Waals surface area contributed by atoms with Crippen molar-refractivity contribution in [2.24, 2.45) is 0 Å². The maximum atomic E-state index is 11.7. The Balaban J connectivity index is 2.66. The van der Waals surface area contributed by atoms with E-state index in [2.05, 4.69) is 21.2 Å². The molecule has 1 rings (SSSR count). The number of rotatable bonds is 4. The third kappa shape index (κ3) is 3.87. The number of carbonyl (C=O) groups excluding carboxylic acids is 1. The van der Waals surface area contributed by atoms with Crippen molar-refractivity contribution < 1.29 is 4.79 Å². The first-order chi connectivity index (χ1) is 7.17. The molecule has 0 aliphatic rings. The van der Waals surface area contributed by atoms with Gasteiger partial charge in [-0.25, -0.2) is 0 Å². The molecule has 1 atom stereocenters. The summed E-state index contributed by atoms with van der Waals surface area (Å²) < 4.78 is 0. The van der Waals surface area contributed by atoms with Crippen LogP contribution in [0.25, 0.3) is 0 Å². The highest BCUT2D eigenvalue weighted by molar-refractivity contribution is 9.09. The molecule has 15 heavy (non-hydrogen) atoms. The molecule has 0 radical (unpaired) electrons. The molecule has 0 saturated heterocycles. The van der Waals surface area contributed by atoms with Crippen molar-refractivity contribution in [2.75, 3.05) is 11.6 Å². The van der Waals surface area contributed by atoms with Crippen LogP contribution in [0.15, 0.2) is 29.2 Å². The van der Waals surface area contributed by atoms with Gasteiger partial charge >= 0.3 is 0 Å². The molecule has 0 aliphatic carbocycles. The molecule has 1 N–H and O–H groups in total. The first-order valence-corrected chi connectivity index (χ1v) is 7.03. The van der Waals surface area contributed by atoms with E-state index in [1.807, 2.05) is 37.4 Å². The normalized spacial score (nSPS) is 12.2. The van der Waals surface area contributed by atoms with Gasteiger partial charge in [-0.1, -0.05) is 15.9 Å². The number of hydrogen-bond donors (Lipinski definition) is 1. The van der Waals surface area contributed by atoms with E-state index in [1.54, 1.807) is 11.8 Å². The first kappa shape index (κ1) is 12.6. The first-order valence-electron chi connectivity index (χ1n) is 4.68. The minimum absolute atomic E-state index is 0.0189. The van der Waals surface area contributed by atoms with Gasteiger partial charge in [-0.05, 0) is 37.4 Å². The van der Waals surface area contributed by atoms with E-state index in [9.17, 15) is 4.79 Å². The smallest absolute Gasteiger partial charge is 0.251 e. The maximum Gasteiger partial charge on any atom is 0.251 e. The van der Waals surface area contributed by atoms with Crippen molar-refractivity contribution in [2.45, 2.75) is 17.9 Å². The lowest BCUT2D eigenvalue weighted by atomic mass is 10.2. The average Bonchev–Trinajstić information content (AvgIpc) is 2.29. The van der Waals surface area contributed by atoms with E-state index in [1.165, 1.54) is 4.90 Å². The summed E-state index contributed by atoms with van der Waals surface area (Å²) in [4.78, 5) is 12.8. The molecular weight excluding hydrogens is 274 g/mol. The van der Waals surface area contributed by atoms with Gasteiger partial charge < -0.3 is 5.32 Å². The van der Waals surface area contributed by atoms with Gasteiger partial charge in [0.2, 0.25) is 0 Å². The molecule has 0 saturated carbocycles. The summed E-state index contributed by atoms with van der Waals surface area (Å²) in [5.41, 5.74) is 0.709. The summed E-state index contributed by atoms with van der Waals surface area (Å²) in [6, 6.07) is 7.76. The molecule has 0 spiro atoms. The highest BCUT2D eigenvalue weighted by Gasteiger charge is 2.07. The fourth-order valence-electron chi connectivity index (χ4n) is 1.09. The lowest BCUT2D eigenvalue weighted by molar-refractivity contribution is 0.0944. The molecular formula is C11H14BrNOS. The molecule has 82 valence electrons. The number of amides is 1. The van der Waals surface area contributed by atoms with Gasteiger partial charge in [0, 0.05) is 21.8 Å². The Hall–Kier alpha value is -0.480. The monoisotopic (exact) mass is 287 g/mol. The number of benzene rings is 1. The molecule has 1 aromatic rings. The number of hydrogen-bond acceptors (Lipinski definition) is 2. The summed E-state index contributed by atoms with van der Waals surface area (Å²) in [5.74, 6) is -0.0189. The SMILES string of the molecule is CSc1ccc(C(=O)NC(C)CBr)cc1. The maximum absolute atomic E-state index is 11.7. The zero-order valence-electron chi connectivity index (χ0n) is 8.79. The lowest BCUT2D eigenvalue weighted by Gasteiger charge is -2.10. The zero-order chi connectivity index (χ0) is 11.3.